The fraction of sp³-hybridized carbons (Fsp3) is 0.500. The van der Waals surface area contributed by atoms with Crippen LogP contribution in [0.1, 0.15) is 6.92 Å². The molecule has 0 aromatic heterocycles. The van der Waals surface area contributed by atoms with Crippen molar-refractivity contribution in [1.82, 2.24) is 5.32 Å². The molecule has 0 radical (unpaired) electrons. The summed E-state index contributed by atoms with van der Waals surface area (Å²) in [6.07, 6.45) is -0.530. The molecule has 0 bridgehead atoms. The van der Waals surface area contributed by atoms with Gasteiger partial charge in [-0.05, 0) is 6.92 Å². The monoisotopic (exact) mass is 155 g/mol. The molecule has 0 spiro atoms. The Morgan fingerprint density at radius 1 is 1.64 bits per heavy atom. The van der Waals surface area contributed by atoms with Gasteiger partial charge in [0, 0.05) is 0 Å². The van der Waals surface area contributed by atoms with Gasteiger partial charge in [-0.25, -0.2) is 9.98 Å². The predicted octanol–water partition coefficient (Wildman–Crippen LogP) is -1.07. The second-order valence-corrected chi connectivity index (χ2v) is 1.93. The average Bonchev–Trinajstić information content (AvgIpc) is 1.85. The van der Waals surface area contributed by atoms with E-state index in [0.717, 1.165) is 0 Å². The van der Waals surface area contributed by atoms with Crippen LogP contribution < -0.4 is 16.9 Å². The van der Waals surface area contributed by atoms with E-state index in [2.05, 4.69) is 25.6 Å². The number of amidine groups is 1. The summed E-state index contributed by atoms with van der Waals surface area (Å²) in [7, 11) is 0. The Morgan fingerprint density at radius 2 is 2.36 bits per heavy atom. The largest absolute Gasteiger partial charge is 0.368 e. The van der Waals surface area contributed by atoms with E-state index in [-0.39, 0.29) is 5.96 Å². The lowest BCUT2D eigenvalue weighted by molar-refractivity contribution is 0.613. The summed E-state index contributed by atoms with van der Waals surface area (Å²) in [6, 6.07) is 0. The SMILES string of the molecule is CC1=NC(N)=NC(N=NN)N1. The van der Waals surface area contributed by atoms with Crippen molar-refractivity contribution in [2.75, 3.05) is 0 Å². The smallest absolute Gasteiger partial charge is 0.239 e. The first-order valence-electron chi connectivity index (χ1n) is 2.97. The van der Waals surface area contributed by atoms with E-state index in [0.29, 0.717) is 5.84 Å². The molecule has 1 unspecified atom stereocenters. The maximum atomic E-state index is 5.33. The van der Waals surface area contributed by atoms with Crippen LogP contribution in [0.3, 0.4) is 0 Å². The normalized spacial score (nSPS) is 24.3. The zero-order valence-corrected chi connectivity index (χ0v) is 6.02. The molecule has 1 rings (SSSR count). The number of aliphatic imine (C=N–C) groups is 2. The molecular formula is C4H9N7. The summed E-state index contributed by atoms with van der Waals surface area (Å²) in [4.78, 5) is 7.58. The van der Waals surface area contributed by atoms with Gasteiger partial charge in [0.15, 0.2) is 0 Å². The second kappa shape index (κ2) is 2.95. The van der Waals surface area contributed by atoms with Crippen LogP contribution >= 0.6 is 0 Å². The molecule has 0 amide bonds. The van der Waals surface area contributed by atoms with E-state index in [1.54, 1.807) is 6.92 Å². The van der Waals surface area contributed by atoms with Gasteiger partial charge in [-0.15, -0.1) is 5.11 Å². The van der Waals surface area contributed by atoms with E-state index < -0.39 is 6.29 Å². The van der Waals surface area contributed by atoms with Crippen LogP contribution in [-0.4, -0.2) is 18.1 Å². The van der Waals surface area contributed by atoms with E-state index in [1.165, 1.54) is 0 Å². The van der Waals surface area contributed by atoms with Crippen molar-refractivity contribution in [2.24, 2.45) is 31.9 Å². The second-order valence-electron chi connectivity index (χ2n) is 1.93. The molecule has 0 aromatic rings. The van der Waals surface area contributed by atoms with Crippen LogP contribution in [0.2, 0.25) is 0 Å². The maximum Gasteiger partial charge on any atom is 0.239 e. The third kappa shape index (κ3) is 1.88. The predicted molar refractivity (Wildman–Crippen MR) is 40.7 cm³/mol. The Bertz CT molecular complexity index is 227. The minimum atomic E-state index is -0.530. The molecule has 0 saturated carbocycles. The van der Waals surface area contributed by atoms with Gasteiger partial charge in [-0.1, -0.05) is 5.22 Å². The van der Waals surface area contributed by atoms with Gasteiger partial charge < -0.3 is 16.9 Å². The third-order valence-electron chi connectivity index (χ3n) is 1.05. The highest BCUT2D eigenvalue weighted by atomic mass is 15.4. The number of nitrogens with one attached hydrogen (secondary N) is 1. The molecule has 1 aliphatic rings. The summed E-state index contributed by atoms with van der Waals surface area (Å²) in [6.45, 7) is 1.75. The number of hydrogen-bond acceptors (Lipinski definition) is 6. The van der Waals surface area contributed by atoms with Crippen molar-refractivity contribution >= 4 is 11.8 Å². The van der Waals surface area contributed by atoms with Crippen molar-refractivity contribution in [3.05, 3.63) is 0 Å². The molecule has 0 aromatic carbocycles. The Kier molecular flexibility index (Phi) is 2.00. The number of hydrogen-bond donors (Lipinski definition) is 3. The van der Waals surface area contributed by atoms with Crippen LogP contribution in [0.4, 0.5) is 0 Å². The van der Waals surface area contributed by atoms with Gasteiger partial charge >= 0.3 is 0 Å². The topological polar surface area (TPSA) is 114 Å². The van der Waals surface area contributed by atoms with Crippen molar-refractivity contribution in [3.63, 3.8) is 0 Å². The summed E-state index contributed by atoms with van der Waals surface area (Å²) in [5.74, 6) is 5.65. The molecule has 60 valence electrons. The van der Waals surface area contributed by atoms with E-state index >= 15 is 0 Å². The lowest BCUT2D eigenvalue weighted by Gasteiger charge is -2.13. The van der Waals surface area contributed by atoms with Crippen molar-refractivity contribution < 1.29 is 0 Å². The molecule has 1 atom stereocenters. The standard InChI is InChI=1S/C4H9N7/c1-2-7-3(5)9-4(8-2)10-11-6/h4H,1H3,(H2,6,10)(H3,5,7,8,9). The zero-order chi connectivity index (χ0) is 8.27. The summed E-state index contributed by atoms with van der Waals surface area (Å²) < 4.78 is 0. The van der Waals surface area contributed by atoms with Crippen LogP contribution in [0.15, 0.2) is 20.3 Å². The fourth-order valence-corrected chi connectivity index (χ4v) is 0.695. The highest BCUT2D eigenvalue weighted by Crippen LogP contribution is 1.95. The maximum absolute atomic E-state index is 5.33. The molecule has 0 saturated heterocycles. The lowest BCUT2D eigenvalue weighted by atomic mass is 10.6. The number of guanidine groups is 1. The van der Waals surface area contributed by atoms with Gasteiger partial charge in [0.1, 0.15) is 5.84 Å². The van der Waals surface area contributed by atoms with E-state index in [4.69, 9.17) is 11.6 Å². The molecule has 1 heterocycles. The Morgan fingerprint density at radius 3 is 2.91 bits per heavy atom. The number of nitrogens with zero attached hydrogens (tertiary/aromatic N) is 4. The highest BCUT2D eigenvalue weighted by molar-refractivity contribution is 5.95. The van der Waals surface area contributed by atoms with Gasteiger partial charge in [-0.3, -0.25) is 0 Å². The van der Waals surface area contributed by atoms with Gasteiger partial charge in [0.05, 0.1) is 0 Å². The molecule has 0 aliphatic carbocycles. The number of nitrogens with two attached hydrogens (primary N) is 2. The molecule has 7 heteroatoms. The fourth-order valence-electron chi connectivity index (χ4n) is 0.695. The van der Waals surface area contributed by atoms with Gasteiger partial charge in [-0.2, -0.15) is 0 Å². The highest BCUT2D eigenvalue weighted by Gasteiger charge is 2.10. The van der Waals surface area contributed by atoms with Crippen LogP contribution in [0.5, 0.6) is 0 Å². The minimum Gasteiger partial charge on any atom is -0.368 e. The molecule has 0 fully saturated rings. The third-order valence-corrected chi connectivity index (χ3v) is 1.05. The average molecular weight is 155 g/mol. The van der Waals surface area contributed by atoms with Gasteiger partial charge in [0.25, 0.3) is 0 Å². The summed E-state index contributed by atoms with van der Waals surface area (Å²) in [5, 5.41) is 9.39. The summed E-state index contributed by atoms with van der Waals surface area (Å²) in [5.41, 5.74) is 5.33. The molecular weight excluding hydrogens is 146 g/mol. The molecule has 7 nitrogen and oxygen atoms in total. The Labute approximate surface area is 63.3 Å². The first kappa shape index (κ1) is 7.45. The van der Waals surface area contributed by atoms with Crippen molar-refractivity contribution in [1.29, 1.82) is 0 Å². The van der Waals surface area contributed by atoms with Crippen LogP contribution in [0.25, 0.3) is 0 Å². The molecule has 1 aliphatic heterocycles. The Hall–Kier alpha value is -1.66. The molecule has 5 N–H and O–H groups in total. The van der Waals surface area contributed by atoms with Crippen LogP contribution in [-0.2, 0) is 0 Å². The molecule has 11 heavy (non-hydrogen) atoms. The van der Waals surface area contributed by atoms with Crippen molar-refractivity contribution in [3.8, 4) is 0 Å². The lowest BCUT2D eigenvalue weighted by Crippen LogP contribution is -2.37. The quantitative estimate of drug-likeness (QED) is 0.254. The summed E-state index contributed by atoms with van der Waals surface area (Å²) >= 11 is 0. The number of rotatable bonds is 1. The van der Waals surface area contributed by atoms with E-state index in [1.807, 2.05) is 0 Å². The van der Waals surface area contributed by atoms with Crippen LogP contribution in [0, 0.1) is 0 Å². The first-order valence-corrected chi connectivity index (χ1v) is 2.97. The zero-order valence-electron chi connectivity index (χ0n) is 6.02. The Balaban J connectivity index is 2.71. The van der Waals surface area contributed by atoms with Crippen molar-refractivity contribution in [2.45, 2.75) is 13.2 Å². The first-order chi connectivity index (χ1) is 5.22. The minimum absolute atomic E-state index is 0.179. The van der Waals surface area contributed by atoms with E-state index in [9.17, 15) is 0 Å². The van der Waals surface area contributed by atoms with Gasteiger partial charge in [0.2, 0.25) is 12.2 Å².